The maximum Gasteiger partial charge on any atom is 0.0443 e. The van der Waals surface area contributed by atoms with Gasteiger partial charge >= 0.3 is 0 Å². The molecule has 0 unspecified atom stereocenters. The van der Waals surface area contributed by atoms with Gasteiger partial charge in [-0.05, 0) is 18.2 Å². The molecule has 3 aromatic carbocycles. The Hall–Kier alpha value is -2.61. The van der Waals surface area contributed by atoms with Gasteiger partial charge in [0.2, 0.25) is 0 Å². The van der Waals surface area contributed by atoms with Gasteiger partial charge in [0.1, 0.15) is 0 Å². The Balaban J connectivity index is 0.000000429. The average Bonchev–Trinajstić information content (AvgIpc) is 2.69. The molecule has 163 valence electrons. The van der Waals surface area contributed by atoms with Crippen molar-refractivity contribution in [3.63, 3.8) is 0 Å². The van der Waals surface area contributed by atoms with Crippen LogP contribution in [-0.2, 0) is 58.3 Å². The van der Waals surface area contributed by atoms with Crippen LogP contribution in [0.25, 0.3) is 0 Å². The summed E-state index contributed by atoms with van der Waals surface area (Å²) < 4.78 is 0. The second-order valence-electron chi connectivity index (χ2n) is 5.62. The minimum Gasteiger partial charge on any atom is -0.737 e. The molecule has 3 aromatic rings. The van der Waals surface area contributed by atoms with Crippen LogP contribution in [0.3, 0.4) is 0 Å². The van der Waals surface area contributed by atoms with E-state index in [4.69, 9.17) is 17.2 Å². The van der Waals surface area contributed by atoms with Crippen LogP contribution in [-0.4, -0.2) is 15.3 Å². The molecule has 0 amide bonds. The summed E-state index contributed by atoms with van der Waals surface area (Å²) in [5.74, 6) is 0. The minimum absolute atomic E-state index is 0. The maximum atomic E-state index is 10.6. The van der Waals surface area contributed by atoms with Crippen molar-refractivity contribution >= 4 is 70.3 Å². The number of hydrogen-bond acceptors (Lipinski definition) is 9. The van der Waals surface area contributed by atoms with E-state index in [0.717, 1.165) is 0 Å². The van der Waals surface area contributed by atoms with Crippen molar-refractivity contribution in [2.75, 3.05) is 17.2 Å². The van der Waals surface area contributed by atoms with Crippen molar-refractivity contribution in [1.29, 1.82) is 0 Å². The molecule has 0 saturated heterocycles. The number of rotatable bonds is 3. The molecule has 0 atom stereocenters. The summed E-state index contributed by atoms with van der Waals surface area (Å²) >= 11 is 13.2. The van der Waals surface area contributed by atoms with Crippen molar-refractivity contribution in [3.8, 4) is 0 Å². The maximum absolute atomic E-state index is 10.6. The van der Waals surface area contributed by atoms with E-state index in [1.165, 1.54) is 0 Å². The molecule has 0 heterocycles. The molecule has 0 aliphatic carbocycles. The van der Waals surface area contributed by atoms with E-state index >= 15 is 0 Å². The smallest absolute Gasteiger partial charge is 0.0443 e. The molecule has 0 aliphatic rings. The van der Waals surface area contributed by atoms with Gasteiger partial charge in [0.25, 0.3) is 0 Å². The number of para-hydroxylation sites is 3. The van der Waals surface area contributed by atoms with Crippen LogP contribution in [0, 0.1) is 0 Å². The van der Waals surface area contributed by atoms with Crippen molar-refractivity contribution in [3.05, 3.63) is 89.5 Å². The molecule has 0 saturated carbocycles. The third-order valence-electron chi connectivity index (χ3n) is 3.54. The first-order valence-corrected chi connectivity index (χ1v) is 9.55. The predicted octanol–water partition coefficient (Wildman–Crippen LogP) is 2.87. The van der Waals surface area contributed by atoms with Gasteiger partial charge in [-0.1, -0.05) is 54.6 Å². The summed E-state index contributed by atoms with van der Waals surface area (Å²) in [7, 11) is 0. The van der Waals surface area contributed by atoms with Crippen LogP contribution in [0.15, 0.2) is 72.8 Å². The van der Waals surface area contributed by atoms with Crippen molar-refractivity contribution in [1.82, 2.24) is 0 Å². The summed E-state index contributed by atoms with van der Waals surface area (Å²) in [5.41, 5.74) is 18.9. The second-order valence-corrected chi connectivity index (χ2v) is 6.74. The molecule has 0 aliphatic heterocycles. The van der Waals surface area contributed by atoms with E-state index in [9.17, 15) is 14.4 Å². The molecule has 31 heavy (non-hydrogen) atoms. The molecule has 1 radical (unpaired) electrons. The normalized spacial score (nSPS) is 8.90. The first-order chi connectivity index (χ1) is 14.1. The van der Waals surface area contributed by atoms with Crippen LogP contribution < -0.4 is 17.2 Å². The summed E-state index contributed by atoms with van der Waals surface area (Å²) in [6, 6.07) is 20.3. The van der Waals surface area contributed by atoms with Crippen LogP contribution >= 0.6 is 0 Å². The van der Waals surface area contributed by atoms with Crippen molar-refractivity contribution in [2.45, 2.75) is 0 Å². The molecule has 0 aromatic heterocycles. The molecule has 0 spiro atoms. The molecule has 6 nitrogen and oxygen atoms in total. The van der Waals surface area contributed by atoms with E-state index < -0.39 is 15.3 Å². The van der Waals surface area contributed by atoms with Gasteiger partial charge in [-0.15, -0.1) is 0 Å². The molecular formula is C21H18N3O3ReS3-3. The third-order valence-corrected chi connectivity index (χ3v) is 4.20. The molecule has 0 fully saturated rings. The number of nitrogens with two attached hydrogens (primary N) is 3. The quantitative estimate of drug-likeness (QED) is 0.292. The number of carbonyl (C=O) groups excluding carboxylic acids is 3. The Morgan fingerprint density at radius 2 is 0.677 bits per heavy atom. The van der Waals surface area contributed by atoms with E-state index in [1.807, 2.05) is 0 Å². The number of anilines is 3. The van der Waals surface area contributed by atoms with Crippen molar-refractivity contribution < 1.29 is 34.8 Å². The first-order valence-electron chi connectivity index (χ1n) is 8.32. The summed E-state index contributed by atoms with van der Waals surface area (Å²) in [6.45, 7) is 0. The Morgan fingerprint density at radius 1 is 0.484 bits per heavy atom. The van der Waals surface area contributed by atoms with E-state index in [-0.39, 0.29) is 20.4 Å². The first kappa shape index (κ1) is 28.4. The number of carbonyl (C=O) groups is 3. The summed E-state index contributed by atoms with van der Waals surface area (Å²) in [4.78, 5) is 31.8. The van der Waals surface area contributed by atoms with Gasteiger partial charge < -0.3 is 69.5 Å². The standard InChI is InChI=1S/3C7H7NOS.Re/c3*8-6-4-2-1-3-5(6)7(9)10;/h3*1-4H,8H2,(H,9,10);/p-3. The molecule has 0 bridgehead atoms. The van der Waals surface area contributed by atoms with Crippen LogP contribution in [0.1, 0.15) is 31.1 Å². The van der Waals surface area contributed by atoms with Crippen molar-refractivity contribution in [2.24, 2.45) is 0 Å². The van der Waals surface area contributed by atoms with E-state index in [2.05, 4.69) is 37.9 Å². The van der Waals surface area contributed by atoms with Crippen LogP contribution in [0.4, 0.5) is 17.1 Å². The molecular weight excluding hydrogens is 625 g/mol. The summed E-state index contributed by atoms with van der Waals surface area (Å²) in [5, 5.41) is -1.21. The monoisotopic (exact) mass is 643 g/mol. The fraction of sp³-hybridized carbons (Fsp3) is 0. The zero-order valence-electron chi connectivity index (χ0n) is 16.0. The summed E-state index contributed by atoms with van der Waals surface area (Å²) in [6.07, 6.45) is 0. The molecule has 3 rings (SSSR count). The number of nitrogen functional groups attached to an aromatic ring is 3. The van der Waals surface area contributed by atoms with Crippen LogP contribution in [0.2, 0.25) is 0 Å². The Bertz CT molecular complexity index is 917. The zero-order valence-corrected chi connectivity index (χ0v) is 21.2. The van der Waals surface area contributed by atoms with Gasteiger partial charge in [-0.25, -0.2) is 0 Å². The Kier molecular flexibility index (Phi) is 13.2. The number of hydrogen-bond donors (Lipinski definition) is 3. The van der Waals surface area contributed by atoms with Gasteiger partial charge in [0.05, 0.1) is 0 Å². The SMILES string of the molecule is Nc1ccccc1C(=O)[S-].Nc1ccccc1C(=O)[S-].Nc1ccccc1C(=O)[S-].[Re]. The van der Waals surface area contributed by atoms with Gasteiger partial charge in [0, 0.05) is 69.5 Å². The third kappa shape index (κ3) is 9.83. The minimum atomic E-state index is -0.405. The molecule has 6 N–H and O–H groups in total. The largest absolute Gasteiger partial charge is 0.737 e. The zero-order chi connectivity index (χ0) is 22.7. The Morgan fingerprint density at radius 3 is 0.806 bits per heavy atom. The predicted molar refractivity (Wildman–Crippen MR) is 128 cm³/mol. The molecule has 10 heteroatoms. The second kappa shape index (κ2) is 14.4. The van der Waals surface area contributed by atoms with Gasteiger partial charge in [-0.2, -0.15) is 0 Å². The Labute approximate surface area is 210 Å². The van der Waals surface area contributed by atoms with E-state index in [0.29, 0.717) is 33.8 Å². The van der Waals surface area contributed by atoms with Gasteiger partial charge in [-0.3, -0.25) is 0 Å². The van der Waals surface area contributed by atoms with Gasteiger partial charge in [0.15, 0.2) is 0 Å². The van der Waals surface area contributed by atoms with E-state index in [1.54, 1.807) is 72.8 Å². The van der Waals surface area contributed by atoms with Crippen LogP contribution in [0.5, 0.6) is 0 Å². The fourth-order valence-electron chi connectivity index (χ4n) is 2.05. The topological polar surface area (TPSA) is 129 Å². The number of benzene rings is 3. The average molecular weight is 643 g/mol. The fourth-order valence-corrected chi connectivity index (χ4v) is 2.61.